The lowest BCUT2D eigenvalue weighted by Gasteiger charge is -2.32. The summed E-state index contributed by atoms with van der Waals surface area (Å²) in [6.45, 7) is 4.93. The molecule has 194 valence electrons. The van der Waals surface area contributed by atoms with Gasteiger partial charge in [-0.3, -0.25) is 14.5 Å². The van der Waals surface area contributed by atoms with E-state index in [4.69, 9.17) is 4.74 Å². The molecular formula is C31H41NO4. The topological polar surface area (TPSA) is 66.8 Å². The van der Waals surface area contributed by atoms with Crippen LogP contribution in [0, 0.1) is 17.8 Å². The van der Waals surface area contributed by atoms with Crippen LogP contribution in [0.1, 0.15) is 90.0 Å². The number of benzene rings is 1. The molecule has 0 aromatic heterocycles. The lowest BCUT2D eigenvalue weighted by Crippen LogP contribution is -2.42. The van der Waals surface area contributed by atoms with Gasteiger partial charge in [0.2, 0.25) is 11.8 Å². The molecule has 2 heterocycles. The van der Waals surface area contributed by atoms with E-state index < -0.39 is 0 Å². The highest BCUT2D eigenvalue weighted by atomic mass is 16.5. The summed E-state index contributed by atoms with van der Waals surface area (Å²) in [6.07, 6.45) is 13.1. The molecule has 5 nitrogen and oxygen atoms in total. The quantitative estimate of drug-likeness (QED) is 0.337. The Kier molecular flexibility index (Phi) is 7.66. The molecule has 3 fully saturated rings. The van der Waals surface area contributed by atoms with Gasteiger partial charge < -0.3 is 9.84 Å². The van der Waals surface area contributed by atoms with Crippen LogP contribution in [0.25, 0.3) is 6.08 Å². The molecule has 0 spiro atoms. The van der Waals surface area contributed by atoms with Gasteiger partial charge in [-0.1, -0.05) is 68.9 Å². The Hall–Kier alpha value is -2.40. The first-order valence-electron chi connectivity index (χ1n) is 14.2. The summed E-state index contributed by atoms with van der Waals surface area (Å²) in [4.78, 5) is 28.9. The molecule has 1 N–H and O–H groups in total. The van der Waals surface area contributed by atoms with Crippen LogP contribution in [0.4, 0.5) is 0 Å². The molecule has 5 heteroatoms. The van der Waals surface area contributed by atoms with Crippen molar-refractivity contribution in [1.29, 1.82) is 0 Å². The van der Waals surface area contributed by atoms with E-state index in [1.54, 1.807) is 17.0 Å². The summed E-state index contributed by atoms with van der Waals surface area (Å²) >= 11 is 0. The average molecular weight is 492 g/mol. The summed E-state index contributed by atoms with van der Waals surface area (Å²) in [6, 6.07) is 7.48. The van der Waals surface area contributed by atoms with Gasteiger partial charge in [0.1, 0.15) is 5.75 Å². The first-order valence-corrected chi connectivity index (χ1v) is 14.2. The fraction of sp³-hybridized carbons (Fsp3) is 0.613. The van der Waals surface area contributed by atoms with E-state index in [-0.39, 0.29) is 47.5 Å². The molecule has 0 radical (unpaired) electrons. The van der Waals surface area contributed by atoms with Gasteiger partial charge >= 0.3 is 0 Å². The van der Waals surface area contributed by atoms with E-state index >= 15 is 0 Å². The number of allylic oxidation sites excluding steroid dienone is 2. The third-order valence-corrected chi connectivity index (χ3v) is 8.96. The fourth-order valence-electron chi connectivity index (χ4n) is 7.25. The third kappa shape index (κ3) is 4.79. The molecular weight excluding hydrogens is 450 g/mol. The van der Waals surface area contributed by atoms with Crippen LogP contribution in [0.5, 0.6) is 5.75 Å². The minimum absolute atomic E-state index is 0.0308. The van der Waals surface area contributed by atoms with E-state index in [2.05, 4.69) is 19.9 Å². The predicted octanol–water partition coefficient (Wildman–Crippen LogP) is 6.42. The van der Waals surface area contributed by atoms with Crippen molar-refractivity contribution in [2.75, 3.05) is 6.61 Å². The molecule has 1 aromatic rings. The molecule has 2 aliphatic carbocycles. The maximum atomic E-state index is 13.7. The number of imide groups is 1. The maximum Gasteiger partial charge on any atom is 0.234 e. The molecule has 1 aromatic carbocycles. The second kappa shape index (κ2) is 10.9. The number of carbonyl (C=O) groups excluding carboxylic acids is 2. The number of ether oxygens (including phenoxy) is 1. The first kappa shape index (κ1) is 25.3. The zero-order chi connectivity index (χ0) is 25.2. The van der Waals surface area contributed by atoms with Crippen LogP contribution >= 0.6 is 0 Å². The largest absolute Gasteiger partial charge is 0.508 e. The monoisotopic (exact) mass is 491 g/mol. The number of rotatable bonds is 8. The summed E-state index contributed by atoms with van der Waals surface area (Å²) in [7, 11) is 0. The highest BCUT2D eigenvalue weighted by Gasteiger charge is 2.57. The van der Waals surface area contributed by atoms with Gasteiger partial charge in [-0.15, -0.1) is 0 Å². The van der Waals surface area contributed by atoms with Gasteiger partial charge in [-0.25, -0.2) is 0 Å². The van der Waals surface area contributed by atoms with Crippen LogP contribution in [-0.4, -0.2) is 40.6 Å². The van der Waals surface area contributed by atoms with E-state index in [0.717, 1.165) is 69.8 Å². The molecule has 2 aliphatic heterocycles. The van der Waals surface area contributed by atoms with Gasteiger partial charge in [-0.05, 0) is 68.2 Å². The predicted molar refractivity (Wildman–Crippen MR) is 141 cm³/mol. The number of hydrogen-bond donors (Lipinski definition) is 1. The Bertz CT molecular complexity index is 1050. The van der Waals surface area contributed by atoms with Crippen molar-refractivity contribution in [3.8, 4) is 5.75 Å². The summed E-state index contributed by atoms with van der Waals surface area (Å²) < 4.78 is 6.41. The van der Waals surface area contributed by atoms with Gasteiger partial charge in [-0.2, -0.15) is 0 Å². The van der Waals surface area contributed by atoms with E-state index in [1.807, 2.05) is 12.1 Å². The number of hydrogen-bond acceptors (Lipinski definition) is 4. The number of aromatic hydroxyl groups is 1. The normalized spacial score (nSPS) is 29.2. The highest BCUT2D eigenvalue weighted by Crippen LogP contribution is 2.51. The molecule has 2 saturated heterocycles. The van der Waals surface area contributed by atoms with Crippen LogP contribution in [-0.2, 0) is 14.3 Å². The van der Waals surface area contributed by atoms with Crippen molar-refractivity contribution in [3.63, 3.8) is 0 Å². The van der Waals surface area contributed by atoms with Crippen molar-refractivity contribution in [1.82, 2.24) is 4.90 Å². The highest BCUT2D eigenvalue weighted by molar-refractivity contribution is 6.06. The zero-order valence-electron chi connectivity index (χ0n) is 21.9. The molecule has 1 saturated carbocycles. The molecule has 5 rings (SSSR count). The van der Waals surface area contributed by atoms with E-state index in [9.17, 15) is 14.7 Å². The van der Waals surface area contributed by atoms with Crippen molar-refractivity contribution >= 4 is 17.9 Å². The first-order chi connectivity index (χ1) is 17.5. The van der Waals surface area contributed by atoms with Crippen LogP contribution in [0.15, 0.2) is 41.0 Å². The fourth-order valence-corrected chi connectivity index (χ4v) is 7.25. The second-order valence-electron chi connectivity index (χ2n) is 11.2. The summed E-state index contributed by atoms with van der Waals surface area (Å²) in [5.74, 6) is 0.0980. The number of carbonyl (C=O) groups is 2. The number of phenolic OH excluding ortho intramolecular Hbond substituents is 1. The number of fused-ring (bicyclic) bond motifs is 3. The Morgan fingerprint density at radius 2 is 1.92 bits per heavy atom. The molecule has 2 amide bonds. The smallest absolute Gasteiger partial charge is 0.234 e. The van der Waals surface area contributed by atoms with Crippen LogP contribution < -0.4 is 0 Å². The van der Waals surface area contributed by atoms with Crippen LogP contribution in [0.3, 0.4) is 0 Å². The Morgan fingerprint density at radius 1 is 1.11 bits per heavy atom. The number of amides is 2. The molecule has 4 atom stereocenters. The number of nitrogens with zero attached hydrogens (tertiary/aromatic N) is 1. The Morgan fingerprint density at radius 3 is 2.64 bits per heavy atom. The molecule has 4 aliphatic rings. The molecule has 0 unspecified atom stereocenters. The average Bonchev–Trinajstić information content (AvgIpc) is 3.41. The van der Waals surface area contributed by atoms with Crippen molar-refractivity contribution in [2.45, 2.75) is 96.6 Å². The van der Waals surface area contributed by atoms with Crippen molar-refractivity contribution < 1.29 is 19.4 Å². The molecule has 0 bridgehead atoms. The number of likely N-dealkylation sites (tertiary alicyclic amines) is 1. The Labute approximate surface area is 215 Å². The van der Waals surface area contributed by atoms with Crippen molar-refractivity contribution in [3.05, 3.63) is 46.5 Å². The summed E-state index contributed by atoms with van der Waals surface area (Å²) in [5.41, 5.74) is 5.07. The third-order valence-electron chi connectivity index (χ3n) is 8.96. The van der Waals surface area contributed by atoms with Gasteiger partial charge in [0.15, 0.2) is 0 Å². The maximum absolute atomic E-state index is 13.7. The van der Waals surface area contributed by atoms with Crippen LogP contribution in [0.2, 0.25) is 0 Å². The SMILES string of the molecule is CCCC1=C2[C@@H](CC/C(=C/c3cccc(O)c3)CC)OC[C@@H]2[C@@H]2C(=O)N(C3CCCCC3)C(=O)[C@@H]2C1. The lowest BCUT2D eigenvalue weighted by atomic mass is 9.68. The lowest BCUT2D eigenvalue weighted by molar-refractivity contribution is -0.143. The molecule has 36 heavy (non-hydrogen) atoms. The standard InChI is InChI=1S/C31H41NO4/c1-3-9-22-18-25-29(31(35)32(30(25)34)23-11-6-5-7-12-23)26-19-36-27(28(22)26)15-14-20(4-2)16-21-10-8-13-24(33)17-21/h8,10,13,16-17,23,25-27,29,33H,3-7,9,11-12,14-15,18-19H2,1-2H3/b20-16+/t25-,26+,27-,29-/m1/s1. The summed E-state index contributed by atoms with van der Waals surface area (Å²) in [5, 5.41) is 9.82. The number of phenols is 1. The van der Waals surface area contributed by atoms with Gasteiger partial charge in [0.05, 0.1) is 24.5 Å². The van der Waals surface area contributed by atoms with E-state index in [1.165, 1.54) is 23.1 Å². The van der Waals surface area contributed by atoms with E-state index in [0.29, 0.717) is 6.61 Å². The minimum atomic E-state index is -0.228. The van der Waals surface area contributed by atoms with Gasteiger partial charge in [0, 0.05) is 12.0 Å². The zero-order valence-corrected chi connectivity index (χ0v) is 21.9. The van der Waals surface area contributed by atoms with Gasteiger partial charge in [0.25, 0.3) is 0 Å². The Balaban J connectivity index is 1.35. The second-order valence-corrected chi connectivity index (χ2v) is 11.2. The van der Waals surface area contributed by atoms with Crippen molar-refractivity contribution in [2.24, 2.45) is 17.8 Å². The minimum Gasteiger partial charge on any atom is -0.508 e.